The van der Waals surface area contributed by atoms with Gasteiger partial charge in [-0.25, -0.2) is 14.4 Å². The predicted molar refractivity (Wildman–Crippen MR) is 133 cm³/mol. The largest absolute Gasteiger partial charge is 0.497 e. The van der Waals surface area contributed by atoms with Crippen LogP contribution in [0.1, 0.15) is 46.1 Å². The minimum Gasteiger partial charge on any atom is -0.497 e. The molecule has 8 nitrogen and oxygen atoms in total. The Balaban J connectivity index is 1.91. The maximum atomic E-state index is 12.9. The lowest BCUT2D eigenvalue weighted by Gasteiger charge is -2.23. The summed E-state index contributed by atoms with van der Waals surface area (Å²) in [5.41, 5.74) is 1.11. The van der Waals surface area contributed by atoms with Gasteiger partial charge in [0, 0.05) is 17.0 Å². The molecule has 0 aliphatic heterocycles. The van der Waals surface area contributed by atoms with Crippen molar-refractivity contribution in [2.45, 2.75) is 59.1 Å². The molecular formula is C27H31NO7. The van der Waals surface area contributed by atoms with Crippen LogP contribution in [0.4, 0.5) is 4.79 Å². The molecule has 3 rings (SSSR count). The van der Waals surface area contributed by atoms with Crippen LogP contribution < -0.4 is 20.4 Å². The van der Waals surface area contributed by atoms with Crippen molar-refractivity contribution < 1.29 is 28.2 Å². The van der Waals surface area contributed by atoms with E-state index in [4.69, 9.17) is 18.6 Å². The first-order valence-corrected chi connectivity index (χ1v) is 11.5. The van der Waals surface area contributed by atoms with Gasteiger partial charge in [0.25, 0.3) is 0 Å². The molecule has 186 valence electrons. The van der Waals surface area contributed by atoms with Gasteiger partial charge in [-0.05, 0) is 69.5 Å². The third kappa shape index (κ3) is 6.41. The average molecular weight is 482 g/mol. The van der Waals surface area contributed by atoms with E-state index in [0.717, 1.165) is 5.56 Å². The molecule has 1 aromatic heterocycles. The lowest BCUT2D eigenvalue weighted by atomic mass is 10.00. The Bertz CT molecular complexity index is 1270. The molecular weight excluding hydrogens is 450 g/mol. The highest BCUT2D eigenvalue weighted by Gasteiger charge is 2.26. The fraction of sp³-hybridized carbons (Fsp3) is 0.370. The van der Waals surface area contributed by atoms with Gasteiger partial charge in [0.15, 0.2) is 0 Å². The van der Waals surface area contributed by atoms with Crippen LogP contribution in [0.3, 0.4) is 0 Å². The molecule has 8 heteroatoms. The summed E-state index contributed by atoms with van der Waals surface area (Å²) < 4.78 is 21.6. The van der Waals surface area contributed by atoms with Crippen LogP contribution in [-0.4, -0.2) is 30.8 Å². The van der Waals surface area contributed by atoms with E-state index in [1.165, 1.54) is 6.07 Å². The van der Waals surface area contributed by atoms with Gasteiger partial charge < -0.3 is 23.9 Å². The molecule has 0 saturated heterocycles. The van der Waals surface area contributed by atoms with E-state index in [-0.39, 0.29) is 5.75 Å². The summed E-state index contributed by atoms with van der Waals surface area (Å²) in [6.07, 6.45) is 0.326. The number of rotatable bonds is 7. The third-order valence-electron chi connectivity index (χ3n) is 5.28. The Morgan fingerprint density at radius 2 is 1.77 bits per heavy atom. The molecule has 0 fully saturated rings. The number of hydrogen-bond acceptors (Lipinski definition) is 7. The number of alkyl carbamates (subject to hydrolysis) is 1. The van der Waals surface area contributed by atoms with E-state index < -0.39 is 29.3 Å². The lowest BCUT2D eigenvalue weighted by molar-refractivity contribution is -0.137. The van der Waals surface area contributed by atoms with E-state index in [1.54, 1.807) is 46.9 Å². The minimum absolute atomic E-state index is 0.240. The number of amides is 1. The number of ether oxygens (including phenoxy) is 3. The zero-order valence-electron chi connectivity index (χ0n) is 20.9. The van der Waals surface area contributed by atoms with Crippen LogP contribution in [0.25, 0.3) is 22.1 Å². The number of aryl methyl sites for hydroxylation is 1. The quantitative estimate of drug-likeness (QED) is 0.275. The van der Waals surface area contributed by atoms with Crippen molar-refractivity contribution in [2.75, 3.05) is 7.11 Å². The molecule has 0 saturated carbocycles. The second-order valence-corrected chi connectivity index (χ2v) is 9.18. The molecule has 2 aromatic carbocycles. The summed E-state index contributed by atoms with van der Waals surface area (Å²) in [5, 5.41) is 3.28. The van der Waals surface area contributed by atoms with Crippen LogP contribution in [0.5, 0.6) is 11.5 Å². The molecule has 0 bridgehead atoms. The highest BCUT2D eigenvalue weighted by atomic mass is 16.6. The van der Waals surface area contributed by atoms with Crippen molar-refractivity contribution in [3.63, 3.8) is 0 Å². The first-order valence-electron chi connectivity index (χ1n) is 11.5. The Hall–Kier alpha value is -3.81. The average Bonchev–Trinajstić information content (AvgIpc) is 2.79. The Morgan fingerprint density at radius 3 is 2.37 bits per heavy atom. The van der Waals surface area contributed by atoms with Crippen molar-refractivity contribution in [3.8, 4) is 22.6 Å². The van der Waals surface area contributed by atoms with E-state index >= 15 is 0 Å². The maximum Gasteiger partial charge on any atom is 0.408 e. The van der Waals surface area contributed by atoms with Crippen LogP contribution in [-0.2, 0) is 9.53 Å². The van der Waals surface area contributed by atoms with Gasteiger partial charge in [-0.3, -0.25) is 0 Å². The van der Waals surface area contributed by atoms with Crippen molar-refractivity contribution >= 4 is 23.0 Å². The monoisotopic (exact) mass is 481 g/mol. The van der Waals surface area contributed by atoms with Gasteiger partial charge >= 0.3 is 17.7 Å². The summed E-state index contributed by atoms with van der Waals surface area (Å²) in [4.78, 5) is 37.5. The van der Waals surface area contributed by atoms with Crippen molar-refractivity contribution in [1.29, 1.82) is 0 Å². The summed E-state index contributed by atoms with van der Waals surface area (Å²) >= 11 is 0. The number of benzene rings is 2. The number of carbonyl (C=O) groups is 2. The lowest BCUT2D eigenvalue weighted by Crippen LogP contribution is -2.45. The zero-order chi connectivity index (χ0) is 25.8. The second kappa shape index (κ2) is 10.6. The van der Waals surface area contributed by atoms with Crippen molar-refractivity contribution in [3.05, 3.63) is 58.4 Å². The van der Waals surface area contributed by atoms with E-state index in [2.05, 4.69) is 5.32 Å². The number of carbonyl (C=O) groups excluding carboxylic acids is 2. The predicted octanol–water partition coefficient (Wildman–Crippen LogP) is 5.38. The zero-order valence-corrected chi connectivity index (χ0v) is 20.9. The van der Waals surface area contributed by atoms with Crippen LogP contribution in [0.2, 0.25) is 0 Å². The molecule has 1 heterocycles. The standard InChI is InChI=1S/C27H31NO7/c1-7-8-21(28-26(31)35-27(3,4)5)25(30)33-22-14-13-19-20(15-23(29)34-24(19)16(22)2)17-9-11-18(32-6)12-10-17/h9-15,21H,7-8H2,1-6H3,(H,28,31)/t21-/m0/s1. The van der Waals surface area contributed by atoms with Gasteiger partial charge in [-0.2, -0.15) is 0 Å². The minimum atomic E-state index is -0.886. The van der Waals surface area contributed by atoms with E-state index in [0.29, 0.717) is 40.7 Å². The normalized spacial score (nSPS) is 12.2. The van der Waals surface area contributed by atoms with Gasteiger partial charge in [-0.15, -0.1) is 0 Å². The van der Waals surface area contributed by atoms with Crippen molar-refractivity contribution in [2.24, 2.45) is 0 Å². The number of esters is 1. The molecule has 0 radical (unpaired) electrons. The van der Waals surface area contributed by atoms with Gasteiger partial charge in [0.2, 0.25) is 0 Å². The molecule has 1 N–H and O–H groups in total. The Labute approximate surface area is 204 Å². The molecule has 0 aliphatic carbocycles. The molecule has 1 amide bonds. The summed E-state index contributed by atoms with van der Waals surface area (Å²) in [6, 6.07) is 11.3. The third-order valence-corrected chi connectivity index (χ3v) is 5.28. The summed E-state index contributed by atoms with van der Waals surface area (Å²) in [7, 11) is 1.59. The van der Waals surface area contributed by atoms with Crippen LogP contribution >= 0.6 is 0 Å². The molecule has 0 aliphatic rings. The molecule has 1 atom stereocenters. The Kier molecular flexibility index (Phi) is 7.84. The van der Waals surface area contributed by atoms with Gasteiger partial charge in [-0.1, -0.05) is 25.5 Å². The van der Waals surface area contributed by atoms with Gasteiger partial charge in [0.1, 0.15) is 28.7 Å². The smallest absolute Gasteiger partial charge is 0.408 e. The van der Waals surface area contributed by atoms with E-state index in [9.17, 15) is 14.4 Å². The highest BCUT2D eigenvalue weighted by molar-refractivity contribution is 5.96. The van der Waals surface area contributed by atoms with Gasteiger partial charge in [0.05, 0.1) is 7.11 Å². The molecule has 35 heavy (non-hydrogen) atoms. The fourth-order valence-corrected chi connectivity index (χ4v) is 3.63. The number of nitrogens with one attached hydrogen (secondary N) is 1. The Morgan fingerprint density at radius 1 is 1.09 bits per heavy atom. The number of fused-ring (bicyclic) bond motifs is 1. The SMILES string of the molecule is CCC[C@H](NC(=O)OC(C)(C)C)C(=O)Oc1ccc2c(-c3ccc(OC)cc3)cc(=O)oc2c1C. The van der Waals surface area contributed by atoms with E-state index in [1.807, 2.05) is 31.2 Å². The first kappa shape index (κ1) is 25.8. The molecule has 0 spiro atoms. The topological polar surface area (TPSA) is 104 Å². The number of hydrogen-bond donors (Lipinski definition) is 1. The second-order valence-electron chi connectivity index (χ2n) is 9.18. The molecule has 0 unspecified atom stereocenters. The summed E-state index contributed by atoms with van der Waals surface area (Å²) in [5.74, 6) is 0.312. The van der Waals surface area contributed by atoms with Crippen LogP contribution in [0.15, 0.2) is 51.7 Å². The van der Waals surface area contributed by atoms with Crippen molar-refractivity contribution in [1.82, 2.24) is 5.32 Å². The van der Waals surface area contributed by atoms with Crippen LogP contribution in [0, 0.1) is 6.92 Å². The fourth-order valence-electron chi connectivity index (χ4n) is 3.63. The summed E-state index contributed by atoms with van der Waals surface area (Å²) in [6.45, 7) is 8.83. The first-order chi connectivity index (χ1) is 16.5. The molecule has 3 aromatic rings. The highest BCUT2D eigenvalue weighted by Crippen LogP contribution is 2.34. The number of methoxy groups -OCH3 is 1. The maximum absolute atomic E-state index is 12.9.